The zero-order valence-corrected chi connectivity index (χ0v) is 14.7. The third-order valence-electron chi connectivity index (χ3n) is 4.14. The second-order valence-corrected chi connectivity index (χ2v) is 7.10. The monoisotopic (exact) mass is 345 g/mol. The van der Waals surface area contributed by atoms with E-state index in [1.165, 1.54) is 5.56 Å². The first kappa shape index (κ1) is 17.0. The molecule has 1 amide bonds. The van der Waals surface area contributed by atoms with Gasteiger partial charge in [-0.1, -0.05) is 42.1 Å². The molecule has 7 heteroatoms. The molecule has 0 saturated carbocycles. The van der Waals surface area contributed by atoms with Gasteiger partial charge in [0.25, 0.3) is 0 Å². The zero-order valence-electron chi connectivity index (χ0n) is 13.9. The molecule has 24 heavy (non-hydrogen) atoms. The molecule has 0 unspecified atom stereocenters. The Bertz CT molecular complexity index is 660. The Kier molecular flexibility index (Phi) is 5.87. The summed E-state index contributed by atoms with van der Waals surface area (Å²) in [5, 5.41) is 10.6. The minimum atomic E-state index is 0.0930. The topological polar surface area (TPSA) is 73.9 Å². The zero-order chi connectivity index (χ0) is 16.8. The fourth-order valence-corrected chi connectivity index (χ4v) is 3.65. The number of likely N-dealkylation sites (tertiary alicyclic amines) is 1. The third kappa shape index (κ3) is 4.82. The number of aryl methyl sites for hydroxylation is 1. The number of thioether (sulfide) groups is 1. The number of nitrogens with one attached hydrogen (secondary N) is 2. The maximum atomic E-state index is 12.1. The Labute approximate surface area is 146 Å². The predicted octanol–water partition coefficient (Wildman–Crippen LogP) is 1.81. The van der Waals surface area contributed by atoms with Crippen molar-refractivity contribution in [3.63, 3.8) is 0 Å². The number of benzene rings is 1. The highest BCUT2D eigenvalue weighted by Crippen LogP contribution is 2.26. The Morgan fingerprint density at radius 2 is 2.25 bits per heavy atom. The Morgan fingerprint density at radius 1 is 1.42 bits per heavy atom. The van der Waals surface area contributed by atoms with Crippen LogP contribution >= 0.6 is 11.8 Å². The van der Waals surface area contributed by atoms with Gasteiger partial charge in [0.1, 0.15) is 5.82 Å². The third-order valence-corrected chi connectivity index (χ3v) is 4.99. The minimum Gasteiger partial charge on any atom is -0.354 e. The van der Waals surface area contributed by atoms with Gasteiger partial charge >= 0.3 is 0 Å². The van der Waals surface area contributed by atoms with Crippen LogP contribution in [0.2, 0.25) is 0 Å². The lowest BCUT2D eigenvalue weighted by Gasteiger charge is -2.15. The van der Waals surface area contributed by atoms with Crippen molar-refractivity contribution < 1.29 is 4.79 Å². The summed E-state index contributed by atoms with van der Waals surface area (Å²) in [5.41, 5.74) is 1.37. The highest BCUT2D eigenvalue weighted by molar-refractivity contribution is 7.99. The van der Waals surface area contributed by atoms with Crippen molar-refractivity contribution in [2.45, 2.75) is 24.4 Å². The van der Waals surface area contributed by atoms with E-state index in [9.17, 15) is 4.79 Å². The molecule has 6 nitrogen and oxygen atoms in total. The molecule has 1 atom stereocenters. The second-order valence-electron chi connectivity index (χ2n) is 6.03. The first-order valence-corrected chi connectivity index (χ1v) is 9.25. The fourth-order valence-electron chi connectivity index (χ4n) is 2.95. The van der Waals surface area contributed by atoms with Crippen LogP contribution in [-0.4, -0.2) is 57.9 Å². The van der Waals surface area contributed by atoms with Crippen molar-refractivity contribution in [2.24, 2.45) is 0 Å². The molecule has 0 bridgehead atoms. The summed E-state index contributed by atoms with van der Waals surface area (Å²) in [4.78, 5) is 18.5. The number of hydrogen-bond acceptors (Lipinski definition) is 5. The van der Waals surface area contributed by atoms with Gasteiger partial charge in [0, 0.05) is 18.8 Å². The van der Waals surface area contributed by atoms with Crippen molar-refractivity contribution in [3.8, 4) is 0 Å². The van der Waals surface area contributed by atoms with Crippen LogP contribution in [0.15, 0.2) is 35.5 Å². The van der Waals surface area contributed by atoms with Gasteiger partial charge in [0.2, 0.25) is 11.1 Å². The molecule has 128 valence electrons. The maximum absolute atomic E-state index is 12.1. The van der Waals surface area contributed by atoms with E-state index in [1.807, 2.05) is 13.0 Å². The van der Waals surface area contributed by atoms with Gasteiger partial charge in [0.15, 0.2) is 0 Å². The van der Waals surface area contributed by atoms with Crippen LogP contribution < -0.4 is 5.32 Å². The molecule has 1 aromatic heterocycles. The minimum absolute atomic E-state index is 0.0930. The normalized spacial score (nSPS) is 18.0. The summed E-state index contributed by atoms with van der Waals surface area (Å²) in [5.74, 6) is 2.22. The van der Waals surface area contributed by atoms with Crippen LogP contribution in [0.25, 0.3) is 0 Å². The first-order valence-electron chi connectivity index (χ1n) is 8.26. The van der Waals surface area contributed by atoms with E-state index in [4.69, 9.17) is 0 Å². The first-order chi connectivity index (χ1) is 11.7. The van der Waals surface area contributed by atoms with E-state index in [-0.39, 0.29) is 5.91 Å². The SMILES string of the molecule is Cc1nc(SCCNC(=O)CN2CC[C@@H](c3ccccc3)C2)n[nH]1. The summed E-state index contributed by atoms with van der Waals surface area (Å²) < 4.78 is 0. The number of H-pyrrole nitrogens is 1. The molecule has 2 aromatic rings. The number of hydrogen-bond donors (Lipinski definition) is 2. The number of nitrogens with zero attached hydrogens (tertiary/aromatic N) is 3. The second kappa shape index (κ2) is 8.30. The maximum Gasteiger partial charge on any atom is 0.234 e. The van der Waals surface area contributed by atoms with Gasteiger partial charge in [-0.15, -0.1) is 5.10 Å². The number of carbonyl (C=O) groups excluding carboxylic acids is 1. The van der Waals surface area contributed by atoms with Crippen molar-refractivity contribution in [1.29, 1.82) is 0 Å². The molecule has 1 fully saturated rings. The van der Waals surface area contributed by atoms with Crippen molar-refractivity contribution in [2.75, 3.05) is 31.9 Å². The number of rotatable bonds is 7. The lowest BCUT2D eigenvalue weighted by molar-refractivity contribution is -0.121. The van der Waals surface area contributed by atoms with E-state index in [0.29, 0.717) is 19.0 Å². The smallest absolute Gasteiger partial charge is 0.234 e. The van der Waals surface area contributed by atoms with E-state index in [1.54, 1.807) is 11.8 Å². The van der Waals surface area contributed by atoms with Crippen LogP contribution in [0.4, 0.5) is 0 Å². The van der Waals surface area contributed by atoms with E-state index >= 15 is 0 Å². The standard InChI is InChI=1S/C17H23N5OS/c1-13-19-17(21-20-13)24-10-8-18-16(23)12-22-9-7-15(11-22)14-5-3-2-4-6-14/h2-6,15H,7-12H2,1H3,(H,18,23)(H,19,20,21)/t15-/m1/s1. The summed E-state index contributed by atoms with van der Waals surface area (Å²) in [6, 6.07) is 10.6. The molecule has 2 N–H and O–H groups in total. The Balaban J connectivity index is 1.34. The molecule has 0 spiro atoms. The molecule has 1 saturated heterocycles. The highest BCUT2D eigenvalue weighted by atomic mass is 32.2. The summed E-state index contributed by atoms with van der Waals surface area (Å²) in [6.07, 6.45) is 1.12. The van der Waals surface area contributed by atoms with Crippen LogP contribution in [0.3, 0.4) is 0 Å². The largest absolute Gasteiger partial charge is 0.354 e. The molecule has 3 rings (SSSR count). The number of aromatic nitrogens is 3. The average molecular weight is 345 g/mol. The fraction of sp³-hybridized carbons (Fsp3) is 0.471. The van der Waals surface area contributed by atoms with Gasteiger partial charge in [-0.05, 0) is 31.4 Å². The number of amides is 1. The summed E-state index contributed by atoms with van der Waals surface area (Å²) in [7, 11) is 0. The van der Waals surface area contributed by atoms with Crippen molar-refractivity contribution in [3.05, 3.63) is 41.7 Å². The predicted molar refractivity (Wildman–Crippen MR) is 95.1 cm³/mol. The number of carbonyl (C=O) groups is 1. The molecule has 1 aromatic carbocycles. The van der Waals surface area contributed by atoms with Crippen LogP contribution in [0.5, 0.6) is 0 Å². The van der Waals surface area contributed by atoms with Gasteiger partial charge < -0.3 is 5.32 Å². The Morgan fingerprint density at radius 3 is 3.00 bits per heavy atom. The van der Waals surface area contributed by atoms with Crippen molar-refractivity contribution >= 4 is 17.7 Å². The summed E-state index contributed by atoms with van der Waals surface area (Å²) >= 11 is 1.54. The number of aromatic amines is 1. The highest BCUT2D eigenvalue weighted by Gasteiger charge is 2.24. The Hall–Kier alpha value is -1.86. The lowest BCUT2D eigenvalue weighted by atomic mass is 9.99. The van der Waals surface area contributed by atoms with Crippen molar-refractivity contribution in [1.82, 2.24) is 25.4 Å². The summed E-state index contributed by atoms with van der Waals surface area (Å²) in [6.45, 7) is 4.93. The van der Waals surface area contributed by atoms with Crippen LogP contribution in [0.1, 0.15) is 23.7 Å². The molecule has 1 aliphatic rings. The van der Waals surface area contributed by atoms with Crippen LogP contribution in [0, 0.1) is 6.92 Å². The molecule has 0 radical (unpaired) electrons. The van der Waals surface area contributed by atoms with Gasteiger partial charge in [-0.2, -0.15) is 0 Å². The van der Waals surface area contributed by atoms with E-state index < -0.39 is 0 Å². The van der Waals surface area contributed by atoms with Gasteiger partial charge in [-0.25, -0.2) is 4.98 Å². The van der Waals surface area contributed by atoms with E-state index in [2.05, 4.69) is 49.7 Å². The van der Waals surface area contributed by atoms with Crippen LogP contribution in [-0.2, 0) is 4.79 Å². The molecular weight excluding hydrogens is 322 g/mol. The van der Waals surface area contributed by atoms with Gasteiger partial charge in [0.05, 0.1) is 6.54 Å². The lowest BCUT2D eigenvalue weighted by Crippen LogP contribution is -2.36. The molecule has 0 aliphatic carbocycles. The molecular formula is C17H23N5OS. The van der Waals surface area contributed by atoms with E-state index in [0.717, 1.165) is 36.2 Å². The molecule has 2 heterocycles. The quantitative estimate of drug-likeness (QED) is 0.591. The van der Waals surface area contributed by atoms with Gasteiger partial charge in [-0.3, -0.25) is 14.8 Å². The molecule has 1 aliphatic heterocycles. The average Bonchev–Trinajstić information content (AvgIpc) is 3.22.